The summed E-state index contributed by atoms with van der Waals surface area (Å²) >= 11 is 0. The third-order valence-corrected chi connectivity index (χ3v) is 3.09. The smallest absolute Gasteiger partial charge is 0.334 e. The maximum atomic E-state index is 12.2. The van der Waals surface area contributed by atoms with Gasteiger partial charge >= 0.3 is 12.0 Å². The number of imide groups is 3. The van der Waals surface area contributed by atoms with E-state index in [2.05, 4.69) is 0 Å². The first-order valence-corrected chi connectivity index (χ1v) is 5.85. The standard InChI is InChI=1S/C13H12N2O5/c1-14-9(12(18)19)7-10(16)15(13(14)20)11(17)8-5-3-2-4-6-8/h2-6,9H,7H2,1H3,(H,18,19)/t9-/m0/s1. The first kappa shape index (κ1) is 13.7. The monoisotopic (exact) mass is 276 g/mol. The van der Waals surface area contributed by atoms with Crippen LogP contribution in [0.5, 0.6) is 0 Å². The van der Waals surface area contributed by atoms with Crippen molar-refractivity contribution in [2.45, 2.75) is 12.5 Å². The summed E-state index contributed by atoms with van der Waals surface area (Å²) in [5, 5.41) is 8.94. The molecule has 0 spiro atoms. The molecule has 0 radical (unpaired) electrons. The molecular weight excluding hydrogens is 264 g/mol. The Morgan fingerprint density at radius 3 is 2.35 bits per heavy atom. The Hall–Kier alpha value is -2.70. The molecule has 1 saturated heterocycles. The number of rotatable bonds is 2. The zero-order chi connectivity index (χ0) is 14.9. The quantitative estimate of drug-likeness (QED) is 0.796. The van der Waals surface area contributed by atoms with Crippen molar-refractivity contribution in [3.63, 3.8) is 0 Å². The third-order valence-electron chi connectivity index (χ3n) is 3.09. The van der Waals surface area contributed by atoms with Crippen LogP contribution in [0.15, 0.2) is 30.3 Å². The fourth-order valence-electron chi connectivity index (χ4n) is 1.95. The molecule has 7 heteroatoms. The van der Waals surface area contributed by atoms with Crippen LogP contribution in [0.4, 0.5) is 4.79 Å². The molecule has 0 aromatic heterocycles. The highest BCUT2D eigenvalue weighted by Crippen LogP contribution is 2.18. The highest BCUT2D eigenvalue weighted by atomic mass is 16.4. The van der Waals surface area contributed by atoms with Crippen molar-refractivity contribution in [3.8, 4) is 0 Å². The molecule has 1 fully saturated rings. The van der Waals surface area contributed by atoms with Gasteiger partial charge in [0.1, 0.15) is 6.04 Å². The van der Waals surface area contributed by atoms with E-state index >= 15 is 0 Å². The van der Waals surface area contributed by atoms with Crippen molar-refractivity contribution in [3.05, 3.63) is 35.9 Å². The zero-order valence-electron chi connectivity index (χ0n) is 10.6. The molecule has 1 aliphatic rings. The second kappa shape index (κ2) is 5.12. The number of aliphatic carboxylic acids is 1. The normalized spacial score (nSPS) is 19.1. The van der Waals surface area contributed by atoms with Crippen LogP contribution in [0, 0.1) is 0 Å². The van der Waals surface area contributed by atoms with Crippen molar-refractivity contribution in [2.75, 3.05) is 7.05 Å². The molecule has 7 nitrogen and oxygen atoms in total. The number of hydrogen-bond acceptors (Lipinski definition) is 4. The van der Waals surface area contributed by atoms with Crippen LogP contribution in [-0.4, -0.2) is 51.8 Å². The van der Waals surface area contributed by atoms with Crippen molar-refractivity contribution in [1.82, 2.24) is 9.80 Å². The molecule has 4 amide bonds. The van der Waals surface area contributed by atoms with Crippen LogP contribution in [0.25, 0.3) is 0 Å². The summed E-state index contributed by atoms with van der Waals surface area (Å²) < 4.78 is 0. The molecule has 0 unspecified atom stereocenters. The highest BCUT2D eigenvalue weighted by Gasteiger charge is 2.43. The maximum Gasteiger partial charge on any atom is 0.334 e. The van der Waals surface area contributed by atoms with Gasteiger partial charge in [-0.2, -0.15) is 4.90 Å². The summed E-state index contributed by atoms with van der Waals surface area (Å²) in [6.07, 6.45) is -0.420. The van der Waals surface area contributed by atoms with Crippen molar-refractivity contribution in [2.24, 2.45) is 0 Å². The van der Waals surface area contributed by atoms with Crippen LogP contribution in [-0.2, 0) is 9.59 Å². The predicted octanol–water partition coefficient (Wildman–Crippen LogP) is 0.564. The van der Waals surface area contributed by atoms with E-state index in [0.29, 0.717) is 4.90 Å². The molecule has 1 atom stereocenters. The molecule has 20 heavy (non-hydrogen) atoms. The Balaban J connectivity index is 2.30. The second-order valence-corrected chi connectivity index (χ2v) is 4.35. The highest BCUT2D eigenvalue weighted by molar-refractivity contribution is 6.18. The van der Waals surface area contributed by atoms with Crippen LogP contribution >= 0.6 is 0 Å². The fraction of sp³-hybridized carbons (Fsp3) is 0.231. The molecule has 1 aromatic rings. The van der Waals surface area contributed by atoms with E-state index < -0.39 is 36.3 Å². The van der Waals surface area contributed by atoms with Crippen LogP contribution < -0.4 is 0 Å². The van der Waals surface area contributed by atoms with Crippen molar-refractivity contribution < 1.29 is 24.3 Å². The van der Waals surface area contributed by atoms with Crippen molar-refractivity contribution >= 4 is 23.8 Å². The minimum atomic E-state index is -1.28. The van der Waals surface area contributed by atoms with Gasteiger partial charge in [0.2, 0.25) is 5.91 Å². The van der Waals surface area contributed by atoms with Gasteiger partial charge in [-0.3, -0.25) is 9.59 Å². The molecule has 0 aliphatic carbocycles. The van der Waals surface area contributed by atoms with E-state index in [1.54, 1.807) is 18.2 Å². The Labute approximate surface area is 114 Å². The number of carboxylic acids is 1. The summed E-state index contributed by atoms with van der Waals surface area (Å²) in [6, 6.07) is 5.70. The number of likely N-dealkylation sites (N-methyl/N-ethyl adjacent to an activating group) is 1. The van der Waals surface area contributed by atoms with E-state index in [1.165, 1.54) is 19.2 Å². The number of hydrogen-bond donors (Lipinski definition) is 1. The molecule has 1 heterocycles. The Kier molecular flexibility index (Phi) is 3.51. The Morgan fingerprint density at radius 2 is 1.80 bits per heavy atom. The van der Waals surface area contributed by atoms with Gasteiger partial charge in [-0.25, -0.2) is 9.59 Å². The van der Waals surface area contributed by atoms with Gasteiger partial charge in [0.25, 0.3) is 5.91 Å². The van der Waals surface area contributed by atoms with Gasteiger partial charge in [-0.15, -0.1) is 0 Å². The van der Waals surface area contributed by atoms with Crippen molar-refractivity contribution in [1.29, 1.82) is 0 Å². The number of amides is 4. The molecule has 1 aliphatic heterocycles. The topological polar surface area (TPSA) is 95.0 Å². The lowest BCUT2D eigenvalue weighted by molar-refractivity contribution is -0.147. The largest absolute Gasteiger partial charge is 0.480 e. The molecule has 1 aromatic carbocycles. The van der Waals surface area contributed by atoms with Gasteiger partial charge in [-0.1, -0.05) is 18.2 Å². The molecule has 104 valence electrons. The van der Waals surface area contributed by atoms with Crippen LogP contribution in [0.3, 0.4) is 0 Å². The first-order valence-electron chi connectivity index (χ1n) is 5.85. The van der Waals surface area contributed by atoms with E-state index in [9.17, 15) is 19.2 Å². The van der Waals surface area contributed by atoms with E-state index in [1.807, 2.05) is 0 Å². The van der Waals surface area contributed by atoms with Gasteiger partial charge in [-0.05, 0) is 12.1 Å². The maximum absolute atomic E-state index is 12.2. The minimum Gasteiger partial charge on any atom is -0.480 e. The van der Waals surface area contributed by atoms with Gasteiger partial charge in [0.05, 0.1) is 6.42 Å². The Bertz CT molecular complexity index is 584. The average molecular weight is 276 g/mol. The fourth-order valence-corrected chi connectivity index (χ4v) is 1.95. The summed E-state index contributed by atoms with van der Waals surface area (Å²) in [6.45, 7) is 0. The summed E-state index contributed by atoms with van der Waals surface area (Å²) in [5.41, 5.74) is 0.191. The average Bonchev–Trinajstić information content (AvgIpc) is 2.43. The van der Waals surface area contributed by atoms with Gasteiger partial charge < -0.3 is 10.0 Å². The lowest BCUT2D eigenvalue weighted by Crippen LogP contribution is -2.59. The first-order chi connectivity index (χ1) is 9.43. The third kappa shape index (κ3) is 2.25. The van der Waals surface area contributed by atoms with Gasteiger partial charge in [0, 0.05) is 12.6 Å². The molecule has 0 saturated carbocycles. The van der Waals surface area contributed by atoms with Crippen LogP contribution in [0.1, 0.15) is 16.8 Å². The number of carboxylic acid groups (broad SMARTS) is 1. The lowest BCUT2D eigenvalue weighted by atomic mass is 10.1. The number of nitrogens with zero attached hydrogens (tertiary/aromatic N) is 2. The predicted molar refractivity (Wildman–Crippen MR) is 66.8 cm³/mol. The van der Waals surface area contributed by atoms with E-state index in [-0.39, 0.29) is 5.56 Å². The number of urea groups is 1. The number of carbonyl (C=O) groups excluding carboxylic acids is 3. The zero-order valence-corrected chi connectivity index (χ0v) is 10.6. The number of benzene rings is 1. The van der Waals surface area contributed by atoms with E-state index in [4.69, 9.17) is 5.11 Å². The summed E-state index contributed by atoms with van der Waals surface area (Å²) in [4.78, 5) is 48.4. The molecular formula is C13H12N2O5. The molecule has 2 rings (SSSR count). The SMILES string of the molecule is CN1C(=O)N(C(=O)c2ccccc2)C(=O)C[C@H]1C(=O)O. The Morgan fingerprint density at radius 1 is 1.20 bits per heavy atom. The lowest BCUT2D eigenvalue weighted by Gasteiger charge is -2.34. The molecule has 1 N–H and O–H groups in total. The second-order valence-electron chi connectivity index (χ2n) is 4.35. The summed E-state index contributed by atoms with van der Waals surface area (Å²) in [5.74, 6) is -2.84. The summed E-state index contributed by atoms with van der Waals surface area (Å²) in [7, 11) is 1.25. The minimum absolute atomic E-state index is 0.191. The van der Waals surface area contributed by atoms with Gasteiger partial charge in [0.15, 0.2) is 0 Å². The van der Waals surface area contributed by atoms with E-state index in [0.717, 1.165) is 4.90 Å². The van der Waals surface area contributed by atoms with Crippen LogP contribution in [0.2, 0.25) is 0 Å². The molecule has 0 bridgehead atoms. The number of carbonyl (C=O) groups is 4.